The summed E-state index contributed by atoms with van der Waals surface area (Å²) in [5, 5.41) is 9.22. The second-order valence-corrected chi connectivity index (χ2v) is 5.14. The van der Waals surface area contributed by atoms with Crippen molar-refractivity contribution in [3.8, 4) is 5.69 Å². The van der Waals surface area contributed by atoms with Crippen LogP contribution in [0.5, 0.6) is 0 Å². The van der Waals surface area contributed by atoms with Gasteiger partial charge in [0, 0.05) is 10.9 Å². The Labute approximate surface area is 109 Å². The topological polar surface area (TPSA) is 30.7 Å². The second-order valence-electron chi connectivity index (χ2n) is 4.37. The maximum atomic E-state index is 6.12. The van der Waals surface area contributed by atoms with E-state index in [0.717, 1.165) is 29.9 Å². The molecule has 88 valence electrons. The van der Waals surface area contributed by atoms with Crippen LogP contribution in [0.25, 0.3) is 5.69 Å². The van der Waals surface area contributed by atoms with Crippen LogP contribution >= 0.6 is 23.2 Å². The molecule has 1 saturated carbocycles. The van der Waals surface area contributed by atoms with E-state index in [1.807, 2.05) is 29.7 Å². The van der Waals surface area contributed by atoms with Gasteiger partial charge in [-0.15, -0.1) is 10.2 Å². The Kier molecular flexibility index (Phi) is 2.60. The minimum Gasteiger partial charge on any atom is -0.269 e. The van der Waals surface area contributed by atoms with Crippen LogP contribution in [0.15, 0.2) is 18.2 Å². The maximum absolute atomic E-state index is 6.12. The number of hydrogen-bond acceptors (Lipinski definition) is 2. The average Bonchev–Trinajstić information content (AvgIpc) is 3.07. The van der Waals surface area contributed by atoms with E-state index < -0.39 is 0 Å². The lowest BCUT2D eigenvalue weighted by Crippen LogP contribution is -2.02. The van der Waals surface area contributed by atoms with E-state index >= 15 is 0 Å². The first kappa shape index (κ1) is 11.1. The van der Waals surface area contributed by atoms with Gasteiger partial charge in [0.1, 0.15) is 5.82 Å². The highest BCUT2D eigenvalue weighted by atomic mass is 35.5. The van der Waals surface area contributed by atoms with E-state index in [2.05, 4.69) is 10.2 Å². The van der Waals surface area contributed by atoms with Crippen molar-refractivity contribution in [1.29, 1.82) is 0 Å². The molecule has 1 aromatic heterocycles. The number of aryl methyl sites for hydroxylation is 1. The summed E-state index contributed by atoms with van der Waals surface area (Å²) >= 11 is 12.2. The number of nitrogens with zero attached hydrogens (tertiary/aromatic N) is 3. The van der Waals surface area contributed by atoms with Crippen LogP contribution in [-0.2, 0) is 0 Å². The number of halogens is 2. The molecule has 17 heavy (non-hydrogen) atoms. The van der Waals surface area contributed by atoms with Crippen LogP contribution in [-0.4, -0.2) is 14.8 Å². The average molecular weight is 268 g/mol. The molecule has 0 spiro atoms. The monoisotopic (exact) mass is 267 g/mol. The summed E-state index contributed by atoms with van der Waals surface area (Å²) in [5.41, 5.74) is 2.08. The van der Waals surface area contributed by atoms with Gasteiger partial charge in [-0.1, -0.05) is 17.7 Å². The zero-order valence-electron chi connectivity index (χ0n) is 9.32. The van der Waals surface area contributed by atoms with Gasteiger partial charge in [-0.3, -0.25) is 4.57 Å². The number of aromatic nitrogens is 3. The molecule has 0 bridgehead atoms. The Bertz CT molecular complexity index is 573. The quantitative estimate of drug-likeness (QED) is 0.830. The summed E-state index contributed by atoms with van der Waals surface area (Å²) in [4.78, 5) is 0. The van der Waals surface area contributed by atoms with Crippen molar-refractivity contribution in [2.24, 2.45) is 0 Å². The minimum atomic E-state index is 0.400. The van der Waals surface area contributed by atoms with E-state index in [1.165, 1.54) is 0 Å². The first-order chi connectivity index (χ1) is 8.16. The van der Waals surface area contributed by atoms with Crippen LogP contribution in [0.1, 0.15) is 30.1 Å². The zero-order valence-corrected chi connectivity index (χ0v) is 10.8. The molecule has 5 heteroatoms. The highest BCUT2D eigenvalue weighted by molar-refractivity contribution is 6.31. The predicted molar refractivity (Wildman–Crippen MR) is 68.1 cm³/mol. The Morgan fingerprint density at radius 3 is 2.71 bits per heavy atom. The van der Waals surface area contributed by atoms with Gasteiger partial charge >= 0.3 is 0 Å². The van der Waals surface area contributed by atoms with Crippen molar-refractivity contribution < 1.29 is 0 Å². The Morgan fingerprint density at radius 1 is 1.24 bits per heavy atom. The first-order valence-corrected chi connectivity index (χ1v) is 6.30. The molecule has 1 aliphatic carbocycles. The molecule has 0 radical (unpaired) electrons. The molecule has 0 aliphatic heterocycles. The molecule has 3 nitrogen and oxygen atoms in total. The summed E-state index contributed by atoms with van der Waals surface area (Å²) in [6.45, 7) is 2.03. The molecule has 0 unspecified atom stereocenters. The van der Waals surface area contributed by atoms with E-state index in [0.29, 0.717) is 16.2 Å². The molecule has 0 saturated heterocycles. The molecule has 3 rings (SSSR count). The summed E-state index contributed by atoms with van der Waals surface area (Å²) in [6, 6.07) is 5.75. The van der Waals surface area contributed by atoms with Crippen molar-refractivity contribution >= 4 is 23.2 Å². The van der Waals surface area contributed by atoms with Crippen molar-refractivity contribution in [3.05, 3.63) is 39.9 Å². The van der Waals surface area contributed by atoms with Crippen LogP contribution in [0.2, 0.25) is 10.3 Å². The van der Waals surface area contributed by atoms with E-state index in [9.17, 15) is 0 Å². The Hall–Kier alpha value is -1.06. The lowest BCUT2D eigenvalue weighted by molar-refractivity contribution is 0.868. The minimum absolute atomic E-state index is 0.400. The summed E-state index contributed by atoms with van der Waals surface area (Å²) < 4.78 is 1.90. The lowest BCUT2D eigenvalue weighted by atomic mass is 10.2. The normalized spacial score (nSPS) is 15.2. The Morgan fingerprint density at radius 2 is 2.00 bits per heavy atom. The molecule has 1 aliphatic rings. The molecule has 0 N–H and O–H groups in total. The van der Waals surface area contributed by atoms with Crippen LogP contribution in [0.4, 0.5) is 0 Å². The summed E-state index contributed by atoms with van der Waals surface area (Å²) in [6.07, 6.45) is 2.32. The number of hydrogen-bond donors (Lipinski definition) is 0. The third-order valence-corrected chi connectivity index (χ3v) is 3.48. The van der Waals surface area contributed by atoms with Gasteiger partial charge in [0.15, 0.2) is 0 Å². The molecule has 0 atom stereocenters. The molecule has 2 aromatic rings. The summed E-state index contributed by atoms with van der Waals surface area (Å²) in [7, 11) is 0. The second kappa shape index (κ2) is 4.00. The highest BCUT2D eigenvalue weighted by Gasteiger charge is 2.30. The fraction of sp³-hybridized carbons (Fsp3) is 0.333. The highest BCUT2D eigenvalue weighted by Crippen LogP contribution is 2.41. The van der Waals surface area contributed by atoms with Gasteiger partial charge in [0.25, 0.3) is 0 Å². The zero-order chi connectivity index (χ0) is 12.0. The summed E-state index contributed by atoms with van der Waals surface area (Å²) in [5.74, 6) is 1.44. The Balaban J connectivity index is 2.19. The molecular formula is C12H11Cl2N3. The van der Waals surface area contributed by atoms with Gasteiger partial charge in [-0.2, -0.15) is 0 Å². The van der Waals surface area contributed by atoms with Gasteiger partial charge in [0.05, 0.1) is 5.69 Å². The van der Waals surface area contributed by atoms with Crippen molar-refractivity contribution in [3.63, 3.8) is 0 Å². The van der Waals surface area contributed by atoms with E-state index in [1.54, 1.807) is 0 Å². The lowest BCUT2D eigenvalue weighted by Gasteiger charge is -2.10. The SMILES string of the molecule is Cc1ccc(Cl)cc1-n1c(Cl)nnc1C1CC1. The number of benzene rings is 1. The molecule has 1 fully saturated rings. The van der Waals surface area contributed by atoms with Gasteiger partial charge in [-0.05, 0) is 49.1 Å². The van der Waals surface area contributed by atoms with Gasteiger partial charge < -0.3 is 0 Å². The van der Waals surface area contributed by atoms with E-state index in [-0.39, 0.29) is 0 Å². The maximum Gasteiger partial charge on any atom is 0.229 e. The van der Waals surface area contributed by atoms with E-state index in [4.69, 9.17) is 23.2 Å². The predicted octanol–water partition coefficient (Wildman–Crippen LogP) is 3.76. The van der Waals surface area contributed by atoms with Gasteiger partial charge in [-0.25, -0.2) is 0 Å². The smallest absolute Gasteiger partial charge is 0.229 e. The fourth-order valence-electron chi connectivity index (χ4n) is 1.93. The van der Waals surface area contributed by atoms with Crippen molar-refractivity contribution in [1.82, 2.24) is 14.8 Å². The largest absolute Gasteiger partial charge is 0.269 e. The molecule has 1 heterocycles. The molecule has 1 aromatic carbocycles. The van der Waals surface area contributed by atoms with Crippen LogP contribution in [0.3, 0.4) is 0 Å². The molecular weight excluding hydrogens is 257 g/mol. The van der Waals surface area contributed by atoms with Crippen molar-refractivity contribution in [2.45, 2.75) is 25.7 Å². The number of rotatable bonds is 2. The van der Waals surface area contributed by atoms with Crippen molar-refractivity contribution in [2.75, 3.05) is 0 Å². The van der Waals surface area contributed by atoms with Crippen LogP contribution < -0.4 is 0 Å². The first-order valence-electron chi connectivity index (χ1n) is 5.54. The third-order valence-electron chi connectivity index (χ3n) is 3.00. The third kappa shape index (κ3) is 1.94. The fourth-order valence-corrected chi connectivity index (χ4v) is 2.31. The standard InChI is InChI=1S/C12H11Cl2N3/c1-7-2-5-9(13)6-10(7)17-11(8-3-4-8)15-16-12(17)14/h2,5-6,8H,3-4H2,1H3. The van der Waals surface area contributed by atoms with Gasteiger partial charge in [0.2, 0.25) is 5.28 Å². The van der Waals surface area contributed by atoms with Crippen LogP contribution in [0, 0.1) is 6.92 Å². The molecule has 0 amide bonds.